The molecule has 0 saturated carbocycles. The molecule has 1 aromatic heterocycles. The van der Waals surface area contributed by atoms with Gasteiger partial charge in [0.1, 0.15) is 17.6 Å². The van der Waals surface area contributed by atoms with Crippen molar-refractivity contribution >= 4 is 5.82 Å². The molecule has 0 radical (unpaired) electrons. The Morgan fingerprint density at radius 3 is 2.70 bits per heavy atom. The summed E-state index contributed by atoms with van der Waals surface area (Å²) in [6.45, 7) is 1.92. The van der Waals surface area contributed by atoms with Gasteiger partial charge in [-0.3, -0.25) is 0 Å². The molecular weight excluding hydrogens is 305 g/mol. The summed E-state index contributed by atoms with van der Waals surface area (Å²) in [4.78, 5) is 3.53. The summed E-state index contributed by atoms with van der Waals surface area (Å²) in [7, 11) is 0. The Hall–Kier alpha value is -2.59. The molecule has 0 spiro atoms. The van der Waals surface area contributed by atoms with Gasteiger partial charge in [-0.05, 0) is 28.8 Å². The highest BCUT2D eigenvalue weighted by Gasteiger charge is 2.33. The molecule has 0 aliphatic carbocycles. The summed E-state index contributed by atoms with van der Waals surface area (Å²) in [5, 5.41) is 15.1. The summed E-state index contributed by atoms with van der Waals surface area (Å²) < 4.78 is 38.2. The third-order valence-corrected chi connectivity index (χ3v) is 3.67. The minimum Gasteiger partial charge on any atom is -0.365 e. The van der Waals surface area contributed by atoms with E-state index in [-0.39, 0.29) is 11.4 Å². The number of rotatable bonds is 3. The van der Waals surface area contributed by atoms with Crippen molar-refractivity contribution in [2.24, 2.45) is 0 Å². The molecule has 1 aliphatic rings. The quantitative estimate of drug-likeness (QED) is 0.912. The molecular formula is C16H13F3N4. The van der Waals surface area contributed by atoms with Crippen molar-refractivity contribution < 1.29 is 13.2 Å². The third-order valence-electron chi connectivity index (χ3n) is 3.67. The lowest BCUT2D eigenvalue weighted by molar-refractivity contribution is -0.141. The lowest BCUT2D eigenvalue weighted by atomic mass is 10.1. The van der Waals surface area contributed by atoms with E-state index in [4.69, 9.17) is 5.26 Å². The number of benzene rings is 1. The van der Waals surface area contributed by atoms with Crippen LogP contribution < -0.4 is 10.6 Å². The summed E-state index contributed by atoms with van der Waals surface area (Å²) in [5.74, 6) is -0.0547. The Morgan fingerprint density at radius 2 is 1.96 bits per heavy atom. The Morgan fingerprint density at radius 1 is 1.17 bits per heavy atom. The van der Waals surface area contributed by atoms with E-state index in [1.54, 1.807) is 0 Å². The smallest absolute Gasteiger partial charge is 0.365 e. The molecule has 2 N–H and O–H groups in total. The van der Waals surface area contributed by atoms with Crippen LogP contribution in [0.3, 0.4) is 0 Å². The Labute approximate surface area is 131 Å². The van der Waals surface area contributed by atoms with Gasteiger partial charge >= 0.3 is 6.18 Å². The number of anilines is 1. The first-order chi connectivity index (χ1) is 11.0. The van der Waals surface area contributed by atoms with Crippen LogP contribution in [0.1, 0.15) is 27.9 Å². The lowest BCUT2D eigenvalue weighted by Gasteiger charge is -2.11. The van der Waals surface area contributed by atoms with E-state index >= 15 is 0 Å². The van der Waals surface area contributed by atoms with Crippen molar-refractivity contribution in [1.29, 1.82) is 5.26 Å². The van der Waals surface area contributed by atoms with E-state index in [9.17, 15) is 13.2 Å². The fourth-order valence-corrected chi connectivity index (χ4v) is 2.49. The fourth-order valence-electron chi connectivity index (χ4n) is 2.49. The van der Waals surface area contributed by atoms with Gasteiger partial charge in [0.15, 0.2) is 0 Å². The number of pyridine rings is 1. The highest BCUT2D eigenvalue weighted by molar-refractivity contribution is 5.53. The minimum absolute atomic E-state index is 0.0547. The van der Waals surface area contributed by atoms with E-state index in [1.807, 2.05) is 24.3 Å². The molecule has 0 bridgehead atoms. The van der Waals surface area contributed by atoms with Crippen LogP contribution in [-0.2, 0) is 25.8 Å². The number of nitrogens with zero attached hydrogens (tertiary/aromatic N) is 2. The second kappa shape index (κ2) is 5.89. The van der Waals surface area contributed by atoms with E-state index in [0.717, 1.165) is 30.8 Å². The maximum absolute atomic E-state index is 12.7. The molecule has 23 heavy (non-hydrogen) atoms. The topological polar surface area (TPSA) is 60.7 Å². The Kier molecular flexibility index (Phi) is 3.92. The first kappa shape index (κ1) is 15.3. The molecule has 0 atom stereocenters. The summed E-state index contributed by atoms with van der Waals surface area (Å²) in [5.41, 5.74) is 2.40. The monoisotopic (exact) mass is 318 g/mol. The van der Waals surface area contributed by atoms with Crippen molar-refractivity contribution in [2.75, 3.05) is 5.32 Å². The molecule has 0 saturated heterocycles. The molecule has 3 rings (SSSR count). The van der Waals surface area contributed by atoms with Gasteiger partial charge in [-0.1, -0.05) is 18.2 Å². The predicted molar refractivity (Wildman–Crippen MR) is 78.3 cm³/mol. The predicted octanol–water partition coefficient (Wildman–Crippen LogP) is 3.19. The van der Waals surface area contributed by atoms with Crippen LogP contribution in [0.5, 0.6) is 0 Å². The van der Waals surface area contributed by atoms with E-state index < -0.39 is 11.9 Å². The zero-order valence-corrected chi connectivity index (χ0v) is 12.0. The average molecular weight is 318 g/mol. The zero-order valence-electron chi connectivity index (χ0n) is 12.0. The first-order valence-corrected chi connectivity index (χ1v) is 7.01. The van der Waals surface area contributed by atoms with Gasteiger partial charge in [0.25, 0.3) is 0 Å². The maximum atomic E-state index is 12.7. The normalized spacial score (nSPS) is 13.5. The molecule has 7 heteroatoms. The zero-order chi connectivity index (χ0) is 16.4. The third kappa shape index (κ3) is 3.27. The molecule has 118 valence electrons. The van der Waals surface area contributed by atoms with Crippen molar-refractivity contribution in [3.8, 4) is 6.07 Å². The molecule has 0 unspecified atom stereocenters. The number of hydrogen-bond acceptors (Lipinski definition) is 4. The largest absolute Gasteiger partial charge is 0.433 e. The molecule has 0 fully saturated rings. The summed E-state index contributed by atoms with van der Waals surface area (Å²) in [6, 6.07) is 9.70. The highest BCUT2D eigenvalue weighted by Crippen LogP contribution is 2.29. The van der Waals surface area contributed by atoms with Gasteiger partial charge in [0.05, 0.1) is 5.56 Å². The van der Waals surface area contributed by atoms with Gasteiger partial charge in [0.2, 0.25) is 0 Å². The van der Waals surface area contributed by atoms with E-state index in [0.29, 0.717) is 6.54 Å². The number of hydrogen-bond donors (Lipinski definition) is 2. The number of nitriles is 1. The highest BCUT2D eigenvalue weighted by atomic mass is 19.4. The van der Waals surface area contributed by atoms with Crippen LogP contribution in [0.4, 0.5) is 19.0 Å². The van der Waals surface area contributed by atoms with Crippen molar-refractivity contribution in [1.82, 2.24) is 10.3 Å². The van der Waals surface area contributed by atoms with Gasteiger partial charge in [-0.15, -0.1) is 0 Å². The van der Waals surface area contributed by atoms with Crippen molar-refractivity contribution in [2.45, 2.75) is 25.8 Å². The molecule has 4 nitrogen and oxygen atoms in total. The second-order valence-corrected chi connectivity index (χ2v) is 5.26. The van der Waals surface area contributed by atoms with Gasteiger partial charge in [-0.25, -0.2) is 4.98 Å². The average Bonchev–Trinajstić information content (AvgIpc) is 2.99. The minimum atomic E-state index is -4.54. The van der Waals surface area contributed by atoms with Gasteiger partial charge in [0, 0.05) is 19.6 Å². The summed E-state index contributed by atoms with van der Waals surface area (Å²) >= 11 is 0. The lowest BCUT2D eigenvalue weighted by Crippen LogP contribution is -2.11. The van der Waals surface area contributed by atoms with Crippen molar-refractivity contribution in [3.63, 3.8) is 0 Å². The molecule has 1 aromatic carbocycles. The molecule has 1 aliphatic heterocycles. The van der Waals surface area contributed by atoms with Crippen LogP contribution in [0.25, 0.3) is 0 Å². The first-order valence-electron chi connectivity index (χ1n) is 7.01. The standard InChI is InChI=1S/C16H13F3N4/c17-16(18,19)14-4-3-11(6-20)15(23-14)22-7-10-1-2-12-8-21-9-13(12)5-10/h1-5,21H,7-9H2,(H,22,23). The number of halogens is 3. The number of alkyl halides is 3. The maximum Gasteiger partial charge on any atom is 0.433 e. The van der Waals surface area contributed by atoms with Crippen LogP contribution >= 0.6 is 0 Å². The van der Waals surface area contributed by atoms with E-state index in [1.165, 1.54) is 11.1 Å². The van der Waals surface area contributed by atoms with Crippen LogP contribution in [-0.4, -0.2) is 4.98 Å². The summed E-state index contributed by atoms with van der Waals surface area (Å²) in [6.07, 6.45) is -4.54. The molecule has 0 amide bonds. The van der Waals surface area contributed by atoms with Crippen LogP contribution in [0, 0.1) is 11.3 Å². The number of aromatic nitrogens is 1. The Balaban J connectivity index is 1.81. The van der Waals surface area contributed by atoms with E-state index in [2.05, 4.69) is 15.6 Å². The van der Waals surface area contributed by atoms with Gasteiger partial charge < -0.3 is 10.6 Å². The van der Waals surface area contributed by atoms with Crippen molar-refractivity contribution in [3.05, 3.63) is 58.3 Å². The molecule has 2 heterocycles. The van der Waals surface area contributed by atoms with Crippen LogP contribution in [0.15, 0.2) is 30.3 Å². The fraction of sp³-hybridized carbons (Fsp3) is 0.250. The number of nitrogens with one attached hydrogen (secondary N) is 2. The van der Waals surface area contributed by atoms with Crippen LogP contribution in [0.2, 0.25) is 0 Å². The molecule has 2 aromatic rings. The Bertz CT molecular complexity index is 778. The SMILES string of the molecule is N#Cc1ccc(C(F)(F)F)nc1NCc1ccc2c(c1)CNC2. The number of fused-ring (bicyclic) bond motifs is 1. The second-order valence-electron chi connectivity index (χ2n) is 5.26. The van der Waals surface area contributed by atoms with Gasteiger partial charge in [-0.2, -0.15) is 18.4 Å².